The number of amides is 1. The summed E-state index contributed by atoms with van der Waals surface area (Å²) in [6, 6.07) is 11.4. The van der Waals surface area contributed by atoms with E-state index < -0.39 is 11.6 Å². The molecule has 30 heavy (non-hydrogen) atoms. The third-order valence-corrected chi connectivity index (χ3v) is 5.27. The molecule has 7 heteroatoms. The Morgan fingerprint density at radius 3 is 2.37 bits per heavy atom. The van der Waals surface area contributed by atoms with E-state index in [1.54, 1.807) is 6.92 Å². The summed E-state index contributed by atoms with van der Waals surface area (Å²) >= 11 is 0. The SMILES string of the molecule is Cc1ccc(CN2CCN(Cc3nc(-c4cc(F)cc(F)c4)oc3C)CC2=O)cc1. The molecular formula is C23H23F2N3O2. The van der Waals surface area contributed by atoms with E-state index in [4.69, 9.17) is 4.42 Å². The zero-order chi connectivity index (χ0) is 21.3. The molecule has 0 spiro atoms. The van der Waals surface area contributed by atoms with Gasteiger partial charge in [-0.1, -0.05) is 29.8 Å². The molecule has 0 unspecified atom stereocenters. The number of benzene rings is 2. The van der Waals surface area contributed by atoms with Crippen LogP contribution in [0.5, 0.6) is 0 Å². The molecule has 0 N–H and O–H groups in total. The van der Waals surface area contributed by atoms with E-state index in [2.05, 4.69) is 4.98 Å². The average Bonchev–Trinajstić information content (AvgIpc) is 3.05. The minimum Gasteiger partial charge on any atom is -0.441 e. The largest absolute Gasteiger partial charge is 0.441 e. The number of rotatable bonds is 5. The molecule has 1 aromatic heterocycles. The number of aryl methyl sites for hydroxylation is 2. The Bertz CT molecular complexity index is 1040. The van der Waals surface area contributed by atoms with E-state index in [-0.39, 0.29) is 17.4 Å². The average molecular weight is 411 g/mol. The van der Waals surface area contributed by atoms with Gasteiger partial charge in [-0.05, 0) is 31.5 Å². The van der Waals surface area contributed by atoms with Crippen LogP contribution in [0, 0.1) is 25.5 Å². The summed E-state index contributed by atoms with van der Waals surface area (Å²) in [7, 11) is 0. The molecule has 0 atom stereocenters. The van der Waals surface area contributed by atoms with Gasteiger partial charge in [0.25, 0.3) is 0 Å². The molecule has 1 aliphatic rings. The molecule has 2 aromatic carbocycles. The van der Waals surface area contributed by atoms with Crippen LogP contribution >= 0.6 is 0 Å². The van der Waals surface area contributed by atoms with Crippen LogP contribution in [-0.4, -0.2) is 40.3 Å². The van der Waals surface area contributed by atoms with Crippen molar-refractivity contribution in [3.8, 4) is 11.5 Å². The van der Waals surface area contributed by atoms with Gasteiger partial charge in [-0.3, -0.25) is 9.69 Å². The third kappa shape index (κ3) is 4.57. The molecule has 1 amide bonds. The predicted molar refractivity (Wildman–Crippen MR) is 108 cm³/mol. The van der Waals surface area contributed by atoms with Gasteiger partial charge in [-0.15, -0.1) is 0 Å². The number of carbonyl (C=O) groups excluding carboxylic acids is 1. The predicted octanol–water partition coefficient (Wildman–Crippen LogP) is 4.08. The van der Waals surface area contributed by atoms with Crippen molar-refractivity contribution < 1.29 is 18.0 Å². The topological polar surface area (TPSA) is 49.6 Å². The quantitative estimate of drug-likeness (QED) is 0.635. The first-order valence-corrected chi connectivity index (χ1v) is 9.86. The summed E-state index contributed by atoms with van der Waals surface area (Å²) in [4.78, 5) is 20.9. The molecule has 1 fully saturated rings. The van der Waals surface area contributed by atoms with Gasteiger partial charge in [0.2, 0.25) is 11.8 Å². The number of carbonyl (C=O) groups is 1. The monoisotopic (exact) mass is 411 g/mol. The first-order chi connectivity index (χ1) is 14.4. The van der Waals surface area contributed by atoms with Crippen LogP contribution < -0.4 is 0 Å². The summed E-state index contributed by atoms with van der Waals surface area (Å²) < 4.78 is 32.6. The summed E-state index contributed by atoms with van der Waals surface area (Å²) in [5.74, 6) is -0.555. The van der Waals surface area contributed by atoms with Crippen LogP contribution in [0.1, 0.15) is 22.6 Å². The zero-order valence-corrected chi connectivity index (χ0v) is 17.0. The molecule has 156 valence electrons. The molecule has 3 aromatic rings. The molecule has 4 rings (SSSR count). The van der Waals surface area contributed by atoms with Crippen LogP contribution in [0.25, 0.3) is 11.5 Å². The smallest absolute Gasteiger partial charge is 0.237 e. The number of hydrogen-bond donors (Lipinski definition) is 0. The lowest BCUT2D eigenvalue weighted by atomic mass is 10.1. The number of piperazine rings is 1. The fourth-order valence-corrected chi connectivity index (χ4v) is 3.56. The van der Waals surface area contributed by atoms with Crippen molar-refractivity contribution in [1.82, 2.24) is 14.8 Å². The second-order valence-corrected chi connectivity index (χ2v) is 7.69. The minimum atomic E-state index is -0.683. The highest BCUT2D eigenvalue weighted by molar-refractivity contribution is 5.79. The first-order valence-electron chi connectivity index (χ1n) is 9.86. The van der Waals surface area contributed by atoms with E-state index >= 15 is 0 Å². The number of oxazole rings is 1. The van der Waals surface area contributed by atoms with Gasteiger partial charge in [-0.25, -0.2) is 13.8 Å². The number of aromatic nitrogens is 1. The minimum absolute atomic E-state index is 0.0652. The van der Waals surface area contributed by atoms with Gasteiger partial charge in [0.15, 0.2) is 0 Å². The Balaban J connectivity index is 1.40. The molecule has 5 nitrogen and oxygen atoms in total. The lowest BCUT2D eigenvalue weighted by Gasteiger charge is -2.34. The number of hydrogen-bond acceptors (Lipinski definition) is 4. The fraction of sp³-hybridized carbons (Fsp3) is 0.304. The normalized spacial score (nSPS) is 15.1. The lowest BCUT2D eigenvalue weighted by molar-refractivity contribution is -0.136. The van der Waals surface area contributed by atoms with Crippen molar-refractivity contribution in [2.75, 3.05) is 19.6 Å². The highest BCUT2D eigenvalue weighted by Crippen LogP contribution is 2.24. The van der Waals surface area contributed by atoms with Gasteiger partial charge in [0, 0.05) is 37.8 Å². The standard InChI is InChI=1S/C23H23F2N3O2/c1-15-3-5-17(6-4-15)12-28-8-7-27(14-22(28)29)13-21-16(2)30-23(26-21)18-9-19(24)11-20(25)10-18/h3-6,9-11H,7-8,12-14H2,1-2H3. The van der Waals surface area contributed by atoms with Gasteiger partial charge < -0.3 is 9.32 Å². The fourth-order valence-electron chi connectivity index (χ4n) is 3.56. The Morgan fingerprint density at radius 1 is 1.00 bits per heavy atom. The van der Waals surface area contributed by atoms with Gasteiger partial charge in [-0.2, -0.15) is 0 Å². The maximum atomic E-state index is 13.5. The molecule has 2 heterocycles. The molecule has 0 radical (unpaired) electrons. The van der Waals surface area contributed by atoms with E-state index in [1.165, 1.54) is 17.7 Å². The summed E-state index contributed by atoms with van der Waals surface area (Å²) in [6.07, 6.45) is 0. The summed E-state index contributed by atoms with van der Waals surface area (Å²) in [6.45, 7) is 6.48. The maximum absolute atomic E-state index is 13.5. The second kappa shape index (κ2) is 8.36. The Labute approximate surface area is 173 Å². The van der Waals surface area contributed by atoms with E-state index in [1.807, 2.05) is 41.0 Å². The third-order valence-electron chi connectivity index (χ3n) is 5.27. The molecule has 1 aliphatic heterocycles. The van der Waals surface area contributed by atoms with Crippen LogP contribution in [0.3, 0.4) is 0 Å². The maximum Gasteiger partial charge on any atom is 0.237 e. The van der Waals surface area contributed by atoms with Crippen LogP contribution in [0.2, 0.25) is 0 Å². The molecule has 0 saturated carbocycles. The molecule has 0 bridgehead atoms. The Hall–Kier alpha value is -3.06. The van der Waals surface area contributed by atoms with Crippen molar-refractivity contribution in [3.63, 3.8) is 0 Å². The second-order valence-electron chi connectivity index (χ2n) is 7.69. The van der Waals surface area contributed by atoms with E-state index in [0.717, 1.165) is 11.6 Å². The molecular weight excluding hydrogens is 388 g/mol. The van der Waals surface area contributed by atoms with Gasteiger partial charge in [0.1, 0.15) is 17.4 Å². The van der Waals surface area contributed by atoms with Crippen molar-refractivity contribution in [2.24, 2.45) is 0 Å². The molecule has 1 saturated heterocycles. The van der Waals surface area contributed by atoms with E-state index in [0.29, 0.717) is 44.2 Å². The lowest BCUT2D eigenvalue weighted by Crippen LogP contribution is -2.49. The Morgan fingerprint density at radius 2 is 1.70 bits per heavy atom. The number of halogens is 2. The highest BCUT2D eigenvalue weighted by atomic mass is 19.1. The van der Waals surface area contributed by atoms with Crippen molar-refractivity contribution in [1.29, 1.82) is 0 Å². The molecule has 0 aliphatic carbocycles. The van der Waals surface area contributed by atoms with Crippen LogP contribution in [0.4, 0.5) is 8.78 Å². The summed E-state index contributed by atoms with van der Waals surface area (Å²) in [5, 5.41) is 0. The van der Waals surface area contributed by atoms with Crippen LogP contribution in [-0.2, 0) is 17.9 Å². The summed E-state index contributed by atoms with van der Waals surface area (Å²) in [5.41, 5.74) is 3.22. The van der Waals surface area contributed by atoms with Gasteiger partial charge >= 0.3 is 0 Å². The van der Waals surface area contributed by atoms with Gasteiger partial charge in [0.05, 0.1) is 12.2 Å². The van der Waals surface area contributed by atoms with Crippen LogP contribution in [0.15, 0.2) is 46.9 Å². The van der Waals surface area contributed by atoms with Crippen molar-refractivity contribution in [3.05, 3.63) is 76.7 Å². The van der Waals surface area contributed by atoms with Crippen molar-refractivity contribution >= 4 is 5.91 Å². The number of nitrogens with zero attached hydrogens (tertiary/aromatic N) is 3. The van der Waals surface area contributed by atoms with Crippen molar-refractivity contribution in [2.45, 2.75) is 26.9 Å². The Kier molecular flexibility index (Phi) is 5.63. The van der Waals surface area contributed by atoms with E-state index in [9.17, 15) is 13.6 Å². The zero-order valence-electron chi connectivity index (χ0n) is 17.0. The highest BCUT2D eigenvalue weighted by Gasteiger charge is 2.25. The first kappa shape index (κ1) is 20.2.